The maximum absolute atomic E-state index is 12.6. The van der Waals surface area contributed by atoms with E-state index in [9.17, 15) is 14.7 Å². The van der Waals surface area contributed by atoms with Gasteiger partial charge in [0.2, 0.25) is 0 Å². The average Bonchev–Trinajstić information content (AvgIpc) is 3.01. The molecule has 1 aromatic heterocycles. The zero-order valence-corrected chi connectivity index (χ0v) is 12.5. The van der Waals surface area contributed by atoms with Crippen LogP contribution in [-0.2, 0) is 11.8 Å². The van der Waals surface area contributed by atoms with Gasteiger partial charge in [0.15, 0.2) is 0 Å². The molecule has 1 amide bonds. The van der Waals surface area contributed by atoms with Crippen LogP contribution in [0.2, 0.25) is 0 Å². The number of hydrogen-bond acceptors (Lipinski definition) is 3. The molecule has 0 spiro atoms. The second kappa shape index (κ2) is 4.87. The van der Waals surface area contributed by atoms with Gasteiger partial charge in [-0.05, 0) is 38.1 Å². The lowest BCUT2D eigenvalue weighted by atomic mass is 9.73. The molecule has 1 N–H and O–H groups in total. The molecule has 6 heteroatoms. The number of carboxylic acids is 1. The van der Waals surface area contributed by atoms with Crippen molar-refractivity contribution < 1.29 is 14.7 Å². The molecule has 0 radical (unpaired) electrons. The summed E-state index contributed by atoms with van der Waals surface area (Å²) in [5, 5.41) is 9.73. The summed E-state index contributed by atoms with van der Waals surface area (Å²) in [6.07, 6.45) is 2.66. The molecule has 0 aromatic carbocycles. The normalized spacial score (nSPS) is 29.4. The molecule has 2 aliphatic rings. The second-order valence-corrected chi connectivity index (χ2v) is 6.37. The van der Waals surface area contributed by atoms with E-state index in [1.807, 2.05) is 26.4 Å². The van der Waals surface area contributed by atoms with E-state index < -0.39 is 11.4 Å². The molecule has 2 aliphatic heterocycles. The van der Waals surface area contributed by atoms with Crippen LogP contribution >= 0.6 is 0 Å². The van der Waals surface area contributed by atoms with Crippen LogP contribution in [0.3, 0.4) is 0 Å². The summed E-state index contributed by atoms with van der Waals surface area (Å²) in [6, 6.07) is 3.61. The number of fused-ring (bicyclic) bond motifs is 1. The van der Waals surface area contributed by atoms with Crippen molar-refractivity contribution >= 4 is 11.9 Å². The van der Waals surface area contributed by atoms with Crippen LogP contribution in [0.4, 0.5) is 0 Å². The number of nitrogens with zero attached hydrogens (tertiary/aromatic N) is 3. The highest BCUT2D eigenvalue weighted by atomic mass is 16.4. The number of rotatable bonds is 2. The quantitative estimate of drug-likeness (QED) is 0.862. The minimum absolute atomic E-state index is 0.0513. The molecule has 2 fully saturated rings. The third-order valence-corrected chi connectivity index (χ3v) is 4.98. The van der Waals surface area contributed by atoms with Crippen molar-refractivity contribution in [3.8, 4) is 0 Å². The molecule has 114 valence electrons. The number of aliphatic carboxylic acids is 1. The van der Waals surface area contributed by atoms with Crippen LogP contribution in [0.1, 0.15) is 16.9 Å². The minimum Gasteiger partial charge on any atom is -0.481 e. The molecular formula is C15H21N3O3. The fraction of sp³-hybridized carbons (Fsp3) is 0.600. The minimum atomic E-state index is -0.812. The van der Waals surface area contributed by atoms with Gasteiger partial charge in [0, 0.05) is 32.9 Å². The molecule has 3 rings (SSSR count). The van der Waals surface area contributed by atoms with E-state index in [2.05, 4.69) is 4.90 Å². The number of aromatic nitrogens is 1. The smallest absolute Gasteiger partial charge is 0.313 e. The molecular weight excluding hydrogens is 270 g/mol. The van der Waals surface area contributed by atoms with E-state index >= 15 is 0 Å². The molecule has 0 unspecified atom stereocenters. The summed E-state index contributed by atoms with van der Waals surface area (Å²) in [4.78, 5) is 28.2. The van der Waals surface area contributed by atoms with Crippen LogP contribution in [0.25, 0.3) is 0 Å². The van der Waals surface area contributed by atoms with Gasteiger partial charge in [0.05, 0.1) is 0 Å². The number of carbonyl (C=O) groups excluding carboxylic acids is 1. The first-order valence-corrected chi connectivity index (χ1v) is 7.26. The first-order chi connectivity index (χ1) is 9.94. The third kappa shape index (κ3) is 2.14. The van der Waals surface area contributed by atoms with Crippen molar-refractivity contribution in [2.75, 3.05) is 33.2 Å². The monoisotopic (exact) mass is 291 g/mol. The molecule has 0 aliphatic carbocycles. The Labute approximate surface area is 123 Å². The second-order valence-electron chi connectivity index (χ2n) is 6.37. The lowest BCUT2D eigenvalue weighted by Gasteiger charge is -2.39. The third-order valence-electron chi connectivity index (χ3n) is 4.98. The van der Waals surface area contributed by atoms with Gasteiger partial charge in [-0.1, -0.05) is 0 Å². The maximum atomic E-state index is 12.6. The van der Waals surface area contributed by atoms with E-state index in [1.165, 1.54) is 0 Å². The molecule has 0 bridgehead atoms. The predicted octanol–water partition coefficient (Wildman–Crippen LogP) is 0.504. The molecule has 0 saturated carbocycles. The van der Waals surface area contributed by atoms with E-state index in [0.717, 1.165) is 13.0 Å². The first-order valence-electron chi connectivity index (χ1n) is 7.26. The Morgan fingerprint density at radius 1 is 1.33 bits per heavy atom. The van der Waals surface area contributed by atoms with E-state index in [4.69, 9.17) is 0 Å². The van der Waals surface area contributed by atoms with Gasteiger partial charge in [-0.25, -0.2) is 0 Å². The van der Waals surface area contributed by atoms with Gasteiger partial charge in [-0.15, -0.1) is 0 Å². The molecule has 2 atom stereocenters. The molecule has 6 nitrogen and oxygen atoms in total. The number of aryl methyl sites for hydroxylation is 1. The summed E-state index contributed by atoms with van der Waals surface area (Å²) in [5.74, 6) is -0.795. The van der Waals surface area contributed by atoms with Gasteiger partial charge in [-0.3, -0.25) is 9.59 Å². The van der Waals surface area contributed by atoms with Gasteiger partial charge >= 0.3 is 5.97 Å². The van der Waals surface area contributed by atoms with Crippen molar-refractivity contribution in [1.29, 1.82) is 0 Å². The number of carbonyl (C=O) groups is 2. The predicted molar refractivity (Wildman–Crippen MR) is 77.0 cm³/mol. The number of piperidine rings is 1. The van der Waals surface area contributed by atoms with Gasteiger partial charge in [0.1, 0.15) is 11.1 Å². The molecule has 2 saturated heterocycles. The summed E-state index contributed by atoms with van der Waals surface area (Å²) in [6.45, 7) is 2.27. The Balaban J connectivity index is 1.87. The summed E-state index contributed by atoms with van der Waals surface area (Å²) >= 11 is 0. The molecule has 1 aromatic rings. The highest BCUT2D eigenvalue weighted by Crippen LogP contribution is 2.42. The lowest BCUT2D eigenvalue weighted by molar-refractivity contribution is -0.153. The van der Waals surface area contributed by atoms with Crippen LogP contribution in [0, 0.1) is 11.3 Å². The Bertz CT molecular complexity index is 582. The van der Waals surface area contributed by atoms with Gasteiger partial charge in [-0.2, -0.15) is 0 Å². The number of hydrogen-bond donors (Lipinski definition) is 1. The van der Waals surface area contributed by atoms with Gasteiger partial charge in [0.25, 0.3) is 5.91 Å². The van der Waals surface area contributed by atoms with E-state index in [0.29, 0.717) is 25.3 Å². The standard InChI is InChI=1S/C15H21N3O3/c1-16-7-5-11-8-18(10-15(11,9-16)14(20)21)13(19)12-4-3-6-17(12)2/h3-4,6,11H,5,7-10H2,1-2H3,(H,20,21)/t11-,15-/m0/s1. The van der Waals surface area contributed by atoms with Crippen molar-refractivity contribution in [3.05, 3.63) is 24.0 Å². The van der Waals surface area contributed by atoms with Crippen LogP contribution < -0.4 is 0 Å². The van der Waals surface area contributed by atoms with Crippen molar-refractivity contribution in [1.82, 2.24) is 14.4 Å². The first kappa shape index (κ1) is 14.1. The highest BCUT2D eigenvalue weighted by Gasteiger charge is 2.55. The molecule has 21 heavy (non-hydrogen) atoms. The van der Waals surface area contributed by atoms with Crippen molar-refractivity contribution in [3.63, 3.8) is 0 Å². The Morgan fingerprint density at radius 2 is 2.10 bits per heavy atom. The number of likely N-dealkylation sites (tertiary alicyclic amines) is 2. The summed E-state index contributed by atoms with van der Waals surface area (Å²) < 4.78 is 1.78. The average molecular weight is 291 g/mol. The van der Waals surface area contributed by atoms with Crippen LogP contribution in [-0.4, -0.2) is 64.6 Å². The van der Waals surface area contributed by atoms with Crippen molar-refractivity contribution in [2.24, 2.45) is 18.4 Å². The van der Waals surface area contributed by atoms with Crippen molar-refractivity contribution in [2.45, 2.75) is 6.42 Å². The Morgan fingerprint density at radius 3 is 2.71 bits per heavy atom. The van der Waals surface area contributed by atoms with E-state index in [1.54, 1.807) is 15.5 Å². The van der Waals surface area contributed by atoms with Gasteiger partial charge < -0.3 is 19.5 Å². The maximum Gasteiger partial charge on any atom is 0.313 e. The topological polar surface area (TPSA) is 65.8 Å². The largest absolute Gasteiger partial charge is 0.481 e. The lowest BCUT2D eigenvalue weighted by Crippen LogP contribution is -2.52. The fourth-order valence-corrected chi connectivity index (χ4v) is 3.77. The number of carboxylic acid groups (broad SMARTS) is 1. The Hall–Kier alpha value is -1.82. The summed E-state index contributed by atoms with van der Waals surface area (Å²) in [5.41, 5.74) is -0.198. The van der Waals surface area contributed by atoms with Crippen LogP contribution in [0.15, 0.2) is 18.3 Å². The van der Waals surface area contributed by atoms with Crippen LogP contribution in [0.5, 0.6) is 0 Å². The molecule has 3 heterocycles. The highest BCUT2D eigenvalue weighted by molar-refractivity contribution is 5.93. The Kier molecular flexibility index (Phi) is 3.28. The number of amides is 1. The zero-order valence-electron chi connectivity index (χ0n) is 12.5. The summed E-state index contributed by atoms with van der Waals surface area (Å²) in [7, 11) is 3.78. The van der Waals surface area contributed by atoms with E-state index in [-0.39, 0.29) is 11.8 Å². The zero-order chi connectivity index (χ0) is 15.2. The fourth-order valence-electron chi connectivity index (χ4n) is 3.77. The SMILES string of the molecule is CN1CC[C@H]2CN(C(=O)c3cccn3C)C[C@@]2(C(=O)O)C1.